The van der Waals surface area contributed by atoms with Gasteiger partial charge in [0.25, 0.3) is 0 Å². The third-order valence-corrected chi connectivity index (χ3v) is 13.4. The van der Waals surface area contributed by atoms with Crippen molar-refractivity contribution in [2.45, 2.75) is 5.41 Å². The summed E-state index contributed by atoms with van der Waals surface area (Å²) in [6, 6.07) is 85.5. The van der Waals surface area contributed by atoms with Crippen LogP contribution in [0.5, 0.6) is 0 Å². The van der Waals surface area contributed by atoms with Crippen LogP contribution in [0.3, 0.4) is 0 Å². The van der Waals surface area contributed by atoms with E-state index >= 15 is 0 Å². The summed E-state index contributed by atoms with van der Waals surface area (Å²) in [6.45, 7) is 0. The minimum Gasteiger partial charge on any atom is -0.309 e. The average Bonchev–Trinajstić information content (AvgIpc) is 3.83. The molecule has 0 saturated heterocycles. The van der Waals surface area contributed by atoms with Crippen LogP contribution in [-0.2, 0) is 5.41 Å². The van der Waals surface area contributed by atoms with Gasteiger partial charge in [0, 0.05) is 27.4 Å². The Balaban J connectivity index is 1.20. The fourth-order valence-electron chi connectivity index (χ4n) is 11.0. The van der Waals surface area contributed by atoms with E-state index in [1.165, 1.54) is 93.9 Å². The van der Waals surface area contributed by atoms with Crippen LogP contribution in [0.2, 0.25) is 0 Å². The zero-order chi connectivity index (χ0) is 40.1. The van der Waals surface area contributed by atoms with Crippen LogP contribution >= 0.6 is 0 Å². The van der Waals surface area contributed by atoms with Gasteiger partial charge in [-0.05, 0) is 91.9 Å². The van der Waals surface area contributed by atoms with E-state index in [9.17, 15) is 0 Å². The van der Waals surface area contributed by atoms with Gasteiger partial charge in [0.15, 0.2) is 0 Å². The van der Waals surface area contributed by atoms with Crippen LogP contribution in [0, 0.1) is 0 Å². The SMILES string of the molecule is c1ccc(-c2ccccc2-c2ccccc2N(c2cc3c4c(c2)c2ccccc2n4-c2ccccc2C32c3ccccc3-c3ccccc32)c2cccc3ccccc23)cc1. The maximum atomic E-state index is 2.54. The highest BCUT2D eigenvalue weighted by atomic mass is 15.1. The first kappa shape index (κ1) is 34.0. The average molecular weight is 775 g/mol. The molecule has 61 heavy (non-hydrogen) atoms. The molecule has 1 spiro atoms. The molecule has 284 valence electrons. The van der Waals surface area contributed by atoms with Crippen molar-refractivity contribution in [2.24, 2.45) is 0 Å². The third-order valence-electron chi connectivity index (χ3n) is 13.4. The largest absolute Gasteiger partial charge is 0.309 e. The second-order valence-electron chi connectivity index (χ2n) is 16.4. The van der Waals surface area contributed by atoms with Crippen molar-refractivity contribution in [3.05, 3.63) is 253 Å². The molecule has 11 aromatic rings. The van der Waals surface area contributed by atoms with Gasteiger partial charge in [0.1, 0.15) is 0 Å². The van der Waals surface area contributed by atoms with Crippen LogP contribution in [0.15, 0.2) is 231 Å². The number of hydrogen-bond donors (Lipinski definition) is 0. The number of para-hydroxylation sites is 3. The Kier molecular flexibility index (Phi) is 7.26. The second-order valence-corrected chi connectivity index (χ2v) is 16.4. The molecule has 2 aliphatic rings. The van der Waals surface area contributed by atoms with Gasteiger partial charge in [-0.3, -0.25) is 0 Å². The zero-order valence-corrected chi connectivity index (χ0v) is 33.3. The minimum atomic E-state index is -0.563. The zero-order valence-electron chi connectivity index (χ0n) is 33.3. The van der Waals surface area contributed by atoms with Crippen molar-refractivity contribution in [3.63, 3.8) is 0 Å². The first-order chi connectivity index (χ1) is 30.3. The lowest BCUT2D eigenvalue weighted by atomic mass is 9.65. The Morgan fingerprint density at radius 1 is 0.344 bits per heavy atom. The first-order valence-corrected chi connectivity index (χ1v) is 21.2. The molecule has 2 nitrogen and oxygen atoms in total. The normalized spacial score (nSPS) is 13.0. The van der Waals surface area contributed by atoms with E-state index in [4.69, 9.17) is 0 Å². The summed E-state index contributed by atoms with van der Waals surface area (Å²) < 4.78 is 2.54. The molecule has 1 aromatic heterocycles. The van der Waals surface area contributed by atoms with Crippen molar-refractivity contribution >= 4 is 49.6 Å². The highest BCUT2D eigenvalue weighted by molar-refractivity contribution is 6.15. The quantitative estimate of drug-likeness (QED) is 0.169. The van der Waals surface area contributed by atoms with Gasteiger partial charge in [-0.15, -0.1) is 0 Å². The Morgan fingerprint density at radius 3 is 1.69 bits per heavy atom. The van der Waals surface area contributed by atoms with Gasteiger partial charge in [0.05, 0.1) is 33.5 Å². The lowest BCUT2D eigenvalue weighted by Crippen LogP contribution is -2.33. The number of rotatable bonds is 5. The molecule has 0 unspecified atom stereocenters. The summed E-state index contributed by atoms with van der Waals surface area (Å²) in [6.07, 6.45) is 0. The monoisotopic (exact) mass is 774 g/mol. The molecule has 2 heteroatoms. The molecule has 0 N–H and O–H groups in total. The molecule has 0 radical (unpaired) electrons. The van der Waals surface area contributed by atoms with Gasteiger partial charge in [-0.2, -0.15) is 0 Å². The van der Waals surface area contributed by atoms with Crippen LogP contribution < -0.4 is 4.90 Å². The molecule has 0 saturated carbocycles. The molecule has 0 bridgehead atoms. The Bertz CT molecular complexity index is 3500. The number of benzene rings is 10. The number of nitrogens with zero attached hydrogens (tertiary/aromatic N) is 2. The summed E-state index contributed by atoms with van der Waals surface area (Å²) in [4.78, 5) is 2.54. The summed E-state index contributed by atoms with van der Waals surface area (Å²) in [5.74, 6) is 0. The first-order valence-electron chi connectivity index (χ1n) is 21.2. The van der Waals surface area contributed by atoms with Crippen molar-refractivity contribution in [2.75, 3.05) is 4.90 Å². The maximum Gasteiger partial charge on any atom is 0.0755 e. The highest BCUT2D eigenvalue weighted by Crippen LogP contribution is 2.62. The van der Waals surface area contributed by atoms with E-state index in [-0.39, 0.29) is 0 Å². The molecule has 0 amide bonds. The van der Waals surface area contributed by atoms with Crippen LogP contribution in [-0.4, -0.2) is 4.57 Å². The van der Waals surface area contributed by atoms with Gasteiger partial charge in [-0.25, -0.2) is 0 Å². The van der Waals surface area contributed by atoms with E-state index in [1.807, 2.05) is 0 Å². The van der Waals surface area contributed by atoms with Crippen LogP contribution in [0.1, 0.15) is 22.3 Å². The molecule has 0 atom stereocenters. The molecule has 13 rings (SSSR count). The van der Waals surface area contributed by atoms with Crippen molar-refractivity contribution in [1.29, 1.82) is 0 Å². The lowest BCUT2D eigenvalue weighted by Gasteiger charge is -2.40. The van der Waals surface area contributed by atoms with Gasteiger partial charge < -0.3 is 9.47 Å². The molecule has 2 heterocycles. The topological polar surface area (TPSA) is 8.17 Å². The van der Waals surface area contributed by atoms with E-state index in [1.54, 1.807) is 0 Å². The van der Waals surface area contributed by atoms with Gasteiger partial charge >= 0.3 is 0 Å². The standard InChI is InChI=1S/C59H38N2/c1-2-19-39(20-3-1)42-23-6-7-25-44(42)47-28-10-15-33-55(47)60(54-36-18-22-40-21-4-5-24-43(40)54)41-37-49-48-29-11-16-34-56(48)61-57-35-17-14-32-52(57)59(53(38-41)58(49)61)50-30-12-8-26-45(50)46-27-9-13-31-51(46)59/h1-38H. The van der Waals surface area contributed by atoms with Crippen molar-refractivity contribution in [1.82, 2.24) is 4.57 Å². The fourth-order valence-corrected chi connectivity index (χ4v) is 11.0. The van der Waals surface area contributed by atoms with E-state index in [0.717, 1.165) is 17.1 Å². The van der Waals surface area contributed by atoms with Crippen molar-refractivity contribution < 1.29 is 0 Å². The summed E-state index contributed by atoms with van der Waals surface area (Å²) >= 11 is 0. The Hall–Kier alpha value is -7.94. The Labute approximate surface area is 354 Å². The van der Waals surface area contributed by atoms with Crippen molar-refractivity contribution in [3.8, 4) is 39.1 Å². The van der Waals surface area contributed by atoms with E-state index in [0.29, 0.717) is 0 Å². The molecule has 1 aliphatic heterocycles. The van der Waals surface area contributed by atoms with E-state index < -0.39 is 5.41 Å². The number of fused-ring (bicyclic) bond motifs is 13. The molecular formula is C59H38N2. The number of hydrogen-bond acceptors (Lipinski definition) is 1. The maximum absolute atomic E-state index is 2.54. The third kappa shape index (κ3) is 4.67. The molecular weight excluding hydrogens is 737 g/mol. The van der Waals surface area contributed by atoms with Crippen LogP contribution in [0.25, 0.3) is 71.6 Å². The Morgan fingerprint density at radius 2 is 0.902 bits per heavy atom. The van der Waals surface area contributed by atoms with Gasteiger partial charge in [-0.1, -0.05) is 194 Å². The predicted octanol–water partition coefficient (Wildman–Crippen LogP) is 15.4. The highest BCUT2D eigenvalue weighted by Gasteiger charge is 2.51. The summed E-state index contributed by atoms with van der Waals surface area (Å²) in [7, 11) is 0. The number of aromatic nitrogens is 1. The fraction of sp³-hybridized carbons (Fsp3) is 0.0169. The lowest BCUT2D eigenvalue weighted by molar-refractivity contribution is 0.748. The molecule has 1 aliphatic carbocycles. The van der Waals surface area contributed by atoms with Crippen LogP contribution in [0.4, 0.5) is 17.1 Å². The van der Waals surface area contributed by atoms with E-state index in [2.05, 4.69) is 240 Å². The summed E-state index contributed by atoms with van der Waals surface area (Å²) in [5.41, 5.74) is 19.1. The molecule has 0 fully saturated rings. The van der Waals surface area contributed by atoms with Gasteiger partial charge in [0.2, 0.25) is 0 Å². The summed E-state index contributed by atoms with van der Waals surface area (Å²) in [5, 5.41) is 4.89. The second kappa shape index (κ2) is 13.0. The number of anilines is 3. The minimum absolute atomic E-state index is 0.563. The predicted molar refractivity (Wildman–Crippen MR) is 255 cm³/mol. The smallest absolute Gasteiger partial charge is 0.0755 e. The molecule has 10 aromatic carbocycles.